The number of nitrogens with zero attached hydrogens (tertiary/aromatic N) is 4. The summed E-state index contributed by atoms with van der Waals surface area (Å²) in [5, 5.41) is 9.61. The lowest BCUT2D eigenvalue weighted by molar-refractivity contribution is 0.0697. The predicted molar refractivity (Wildman–Crippen MR) is 163 cm³/mol. The molecule has 0 aliphatic carbocycles. The Labute approximate surface area is 239 Å². The Morgan fingerprint density at radius 2 is 1.59 bits per heavy atom. The number of rotatable bonds is 9. The zero-order chi connectivity index (χ0) is 28.3. The lowest BCUT2D eigenvalue weighted by Gasteiger charge is -2.12. The summed E-state index contributed by atoms with van der Waals surface area (Å²) in [7, 11) is 0. The number of aromatic carboxylic acids is 1. The molecule has 0 fully saturated rings. The number of carboxylic acids is 1. The van der Waals surface area contributed by atoms with Gasteiger partial charge in [0.1, 0.15) is 5.82 Å². The van der Waals surface area contributed by atoms with Gasteiger partial charge in [0.05, 0.1) is 28.6 Å². The van der Waals surface area contributed by atoms with E-state index in [0.717, 1.165) is 69.8 Å². The van der Waals surface area contributed by atoms with E-state index in [0.29, 0.717) is 12.1 Å². The highest BCUT2D eigenvalue weighted by atomic mass is 16.4. The van der Waals surface area contributed by atoms with Crippen LogP contribution in [0.3, 0.4) is 0 Å². The van der Waals surface area contributed by atoms with E-state index in [4.69, 9.17) is 9.97 Å². The molecule has 0 spiro atoms. The summed E-state index contributed by atoms with van der Waals surface area (Å²) in [6.07, 6.45) is 5.89. The number of carboxylic acid groups (broad SMARTS) is 1. The first-order valence-electron chi connectivity index (χ1n) is 14.0. The van der Waals surface area contributed by atoms with Gasteiger partial charge in [-0.2, -0.15) is 0 Å². The lowest BCUT2D eigenvalue weighted by Crippen LogP contribution is -2.05. The van der Waals surface area contributed by atoms with Gasteiger partial charge in [-0.05, 0) is 59.4 Å². The zero-order valence-electron chi connectivity index (χ0n) is 23.3. The molecule has 1 N–H and O–H groups in total. The summed E-state index contributed by atoms with van der Waals surface area (Å²) >= 11 is 0. The number of aryl methyl sites for hydroxylation is 2. The SMILES string of the molecule is CCCc1nc2c(C)cc(-c3cn(Cc4ccccc4)cn3)cc2n1Cc1ccc(-c2ccccc2C(=O)O)cc1. The van der Waals surface area contributed by atoms with Crippen molar-refractivity contribution in [1.82, 2.24) is 19.1 Å². The van der Waals surface area contributed by atoms with E-state index >= 15 is 0 Å². The molecule has 6 aromatic rings. The summed E-state index contributed by atoms with van der Waals surface area (Å²) in [6, 6.07) is 30.1. The van der Waals surface area contributed by atoms with Crippen molar-refractivity contribution in [2.45, 2.75) is 39.8 Å². The number of benzene rings is 4. The van der Waals surface area contributed by atoms with Crippen molar-refractivity contribution in [2.24, 2.45) is 0 Å². The molecule has 4 aromatic carbocycles. The minimum atomic E-state index is -0.921. The van der Waals surface area contributed by atoms with Gasteiger partial charge in [0, 0.05) is 31.3 Å². The predicted octanol–water partition coefficient (Wildman–Crippen LogP) is 7.62. The van der Waals surface area contributed by atoms with Crippen LogP contribution in [-0.2, 0) is 19.5 Å². The molecule has 6 heteroatoms. The summed E-state index contributed by atoms with van der Waals surface area (Å²) in [6.45, 7) is 5.75. The zero-order valence-corrected chi connectivity index (χ0v) is 23.3. The van der Waals surface area contributed by atoms with E-state index < -0.39 is 5.97 Å². The highest BCUT2D eigenvalue weighted by Crippen LogP contribution is 2.30. The van der Waals surface area contributed by atoms with E-state index in [-0.39, 0.29) is 0 Å². The third-order valence-corrected chi connectivity index (χ3v) is 7.50. The lowest BCUT2D eigenvalue weighted by atomic mass is 9.98. The number of carbonyl (C=O) groups is 1. The average Bonchev–Trinajstić information content (AvgIpc) is 3.59. The Hall–Kier alpha value is -4.97. The van der Waals surface area contributed by atoms with Crippen LogP contribution in [0.15, 0.2) is 104 Å². The minimum Gasteiger partial charge on any atom is -0.478 e. The Kier molecular flexibility index (Phi) is 7.21. The topological polar surface area (TPSA) is 72.9 Å². The van der Waals surface area contributed by atoms with E-state index in [1.54, 1.807) is 12.1 Å². The quantitative estimate of drug-likeness (QED) is 0.205. The molecule has 2 heterocycles. The van der Waals surface area contributed by atoms with Crippen LogP contribution in [0.5, 0.6) is 0 Å². The van der Waals surface area contributed by atoms with Crippen molar-refractivity contribution < 1.29 is 9.90 Å². The standard InChI is InChI=1S/C35H32N4O2/c1-3-9-33-37-34-24(2)18-28(31-22-38(23-36-31)20-25-10-5-4-6-11-25)19-32(34)39(33)21-26-14-16-27(17-15-26)29-12-7-8-13-30(29)35(40)41/h4-8,10-19,22-23H,3,9,20-21H2,1-2H3,(H,40,41). The van der Waals surface area contributed by atoms with Crippen molar-refractivity contribution in [3.05, 3.63) is 132 Å². The molecule has 204 valence electrons. The van der Waals surface area contributed by atoms with Crippen LogP contribution in [0, 0.1) is 6.92 Å². The first kappa shape index (κ1) is 26.3. The average molecular weight is 541 g/mol. The number of fused-ring (bicyclic) bond motifs is 1. The second-order valence-electron chi connectivity index (χ2n) is 10.5. The molecule has 0 saturated heterocycles. The first-order valence-corrected chi connectivity index (χ1v) is 14.0. The van der Waals surface area contributed by atoms with Crippen LogP contribution >= 0.6 is 0 Å². The molecule has 0 bridgehead atoms. The van der Waals surface area contributed by atoms with Crippen LogP contribution in [0.25, 0.3) is 33.4 Å². The second-order valence-corrected chi connectivity index (χ2v) is 10.5. The van der Waals surface area contributed by atoms with Crippen molar-refractivity contribution in [3.8, 4) is 22.4 Å². The molecule has 0 radical (unpaired) electrons. The van der Waals surface area contributed by atoms with Gasteiger partial charge < -0.3 is 14.2 Å². The Bertz CT molecular complexity index is 1830. The van der Waals surface area contributed by atoms with E-state index in [1.807, 2.05) is 36.7 Å². The van der Waals surface area contributed by atoms with Crippen molar-refractivity contribution >= 4 is 17.0 Å². The first-order chi connectivity index (χ1) is 20.0. The molecule has 0 aliphatic rings. The summed E-state index contributed by atoms with van der Waals surface area (Å²) in [5.74, 6) is 0.146. The number of aromatic nitrogens is 4. The molecular formula is C35H32N4O2. The third kappa shape index (κ3) is 5.41. The molecule has 0 saturated carbocycles. The molecule has 6 nitrogen and oxygen atoms in total. The molecule has 0 aliphatic heterocycles. The van der Waals surface area contributed by atoms with Gasteiger partial charge in [-0.15, -0.1) is 0 Å². The van der Waals surface area contributed by atoms with Gasteiger partial charge in [0.2, 0.25) is 0 Å². The molecule has 41 heavy (non-hydrogen) atoms. The van der Waals surface area contributed by atoms with Crippen LogP contribution < -0.4 is 0 Å². The molecule has 2 aromatic heterocycles. The van der Waals surface area contributed by atoms with Gasteiger partial charge in [0.25, 0.3) is 0 Å². The highest BCUT2D eigenvalue weighted by molar-refractivity contribution is 5.96. The molecular weight excluding hydrogens is 508 g/mol. The largest absolute Gasteiger partial charge is 0.478 e. The number of imidazole rings is 2. The van der Waals surface area contributed by atoms with Crippen LogP contribution in [0.4, 0.5) is 0 Å². The Morgan fingerprint density at radius 1 is 0.854 bits per heavy atom. The maximum absolute atomic E-state index is 11.7. The van der Waals surface area contributed by atoms with Crippen molar-refractivity contribution in [2.75, 3.05) is 0 Å². The fourth-order valence-electron chi connectivity index (χ4n) is 5.46. The number of hydrogen-bond acceptors (Lipinski definition) is 3. The summed E-state index contributed by atoms with van der Waals surface area (Å²) < 4.78 is 4.44. The molecule has 6 rings (SSSR count). The number of hydrogen-bond donors (Lipinski definition) is 1. The van der Waals surface area contributed by atoms with Gasteiger partial charge in [-0.1, -0.05) is 79.7 Å². The van der Waals surface area contributed by atoms with Crippen LogP contribution in [0.2, 0.25) is 0 Å². The molecule has 0 atom stereocenters. The van der Waals surface area contributed by atoms with E-state index in [9.17, 15) is 9.90 Å². The Balaban J connectivity index is 1.34. The smallest absolute Gasteiger partial charge is 0.336 e. The van der Waals surface area contributed by atoms with E-state index in [1.165, 1.54) is 5.56 Å². The second kappa shape index (κ2) is 11.3. The monoisotopic (exact) mass is 540 g/mol. The fourth-order valence-corrected chi connectivity index (χ4v) is 5.46. The van der Waals surface area contributed by atoms with Gasteiger partial charge in [0.15, 0.2) is 0 Å². The van der Waals surface area contributed by atoms with Gasteiger partial charge in [-0.3, -0.25) is 0 Å². The maximum Gasteiger partial charge on any atom is 0.336 e. The Morgan fingerprint density at radius 3 is 2.34 bits per heavy atom. The normalized spacial score (nSPS) is 11.3. The summed E-state index contributed by atoms with van der Waals surface area (Å²) in [4.78, 5) is 21.5. The van der Waals surface area contributed by atoms with Crippen molar-refractivity contribution in [1.29, 1.82) is 0 Å². The fraction of sp³-hybridized carbons (Fsp3) is 0.171. The summed E-state index contributed by atoms with van der Waals surface area (Å²) in [5.41, 5.74) is 9.56. The van der Waals surface area contributed by atoms with Crippen LogP contribution in [-0.4, -0.2) is 30.2 Å². The van der Waals surface area contributed by atoms with Gasteiger partial charge in [-0.25, -0.2) is 14.8 Å². The highest BCUT2D eigenvalue weighted by Gasteiger charge is 2.16. The van der Waals surface area contributed by atoms with Gasteiger partial charge >= 0.3 is 5.97 Å². The maximum atomic E-state index is 11.7. The van der Waals surface area contributed by atoms with E-state index in [2.05, 4.69) is 77.7 Å². The molecule has 0 amide bonds. The third-order valence-electron chi connectivity index (χ3n) is 7.50. The minimum absolute atomic E-state index is 0.306. The molecule has 0 unspecified atom stereocenters. The van der Waals surface area contributed by atoms with Crippen molar-refractivity contribution in [3.63, 3.8) is 0 Å². The van der Waals surface area contributed by atoms with Crippen LogP contribution in [0.1, 0.15) is 46.2 Å².